The van der Waals surface area contributed by atoms with E-state index in [1.807, 2.05) is 64.3 Å². The molecule has 0 saturated carbocycles. The van der Waals surface area contributed by atoms with Gasteiger partial charge in [0.05, 0.1) is 18.2 Å². The van der Waals surface area contributed by atoms with Crippen LogP contribution >= 0.6 is 0 Å². The van der Waals surface area contributed by atoms with Crippen LogP contribution in [0.1, 0.15) is 24.0 Å². The molecule has 0 atom stereocenters. The Bertz CT molecular complexity index is 978. The first-order valence-corrected chi connectivity index (χ1v) is 10.3. The molecule has 2 N–H and O–H groups in total. The summed E-state index contributed by atoms with van der Waals surface area (Å²) < 4.78 is 16.5. The number of carbonyl (C=O) groups excluding carboxylic acids is 1. The Labute approximate surface area is 175 Å². The van der Waals surface area contributed by atoms with E-state index in [9.17, 15) is 14.3 Å². The predicted molar refractivity (Wildman–Crippen MR) is 115 cm³/mol. The Balaban J connectivity index is 1.30. The molecule has 30 heavy (non-hydrogen) atoms. The van der Waals surface area contributed by atoms with Gasteiger partial charge in [-0.25, -0.2) is 4.39 Å². The number of rotatable bonds is 6. The molecule has 2 heterocycles. The zero-order chi connectivity index (χ0) is 20.9. The summed E-state index contributed by atoms with van der Waals surface area (Å²) in [4.78, 5) is 14.2. The van der Waals surface area contributed by atoms with E-state index in [-0.39, 0.29) is 30.8 Å². The molecule has 1 saturated heterocycles. The zero-order valence-corrected chi connectivity index (χ0v) is 16.8. The van der Waals surface area contributed by atoms with E-state index in [0.717, 1.165) is 16.8 Å². The predicted octanol–water partition coefficient (Wildman–Crippen LogP) is 3.44. The standard InChI is InChI=1S/C24H26FN3O2/c25-22-15-19(5-8-23(22)28-13-9-21(29)10-14-28)17-26-24(30)16-18-3-6-20(7-4-18)27-11-1-2-12-27/h1-8,11-12,15,21,29H,9-10,13-14,16-17H2,(H,26,30). The number of nitrogens with one attached hydrogen (secondary N) is 1. The fourth-order valence-electron chi connectivity index (χ4n) is 3.76. The topological polar surface area (TPSA) is 57.5 Å². The van der Waals surface area contributed by atoms with Crippen molar-refractivity contribution in [3.8, 4) is 5.69 Å². The molecule has 4 rings (SSSR count). The minimum absolute atomic E-state index is 0.0989. The lowest BCUT2D eigenvalue weighted by Crippen LogP contribution is -2.36. The number of amides is 1. The number of benzene rings is 2. The highest BCUT2D eigenvalue weighted by atomic mass is 19.1. The van der Waals surface area contributed by atoms with Gasteiger partial charge in [0.1, 0.15) is 5.82 Å². The third-order valence-corrected chi connectivity index (χ3v) is 5.51. The largest absolute Gasteiger partial charge is 0.393 e. The normalized spacial score (nSPS) is 14.7. The highest BCUT2D eigenvalue weighted by Crippen LogP contribution is 2.24. The van der Waals surface area contributed by atoms with Crippen LogP contribution in [0.3, 0.4) is 0 Å². The summed E-state index contributed by atoms with van der Waals surface area (Å²) in [5.41, 5.74) is 3.25. The molecular weight excluding hydrogens is 381 g/mol. The van der Waals surface area contributed by atoms with Gasteiger partial charge in [-0.2, -0.15) is 0 Å². The molecule has 1 amide bonds. The molecule has 5 nitrogen and oxygen atoms in total. The number of hydrogen-bond acceptors (Lipinski definition) is 3. The van der Waals surface area contributed by atoms with Crippen molar-refractivity contribution in [3.05, 3.63) is 83.9 Å². The maximum atomic E-state index is 14.5. The number of aromatic nitrogens is 1. The molecule has 0 aliphatic carbocycles. The Kier molecular flexibility index (Phi) is 6.14. The van der Waals surface area contributed by atoms with Gasteiger partial charge < -0.3 is 19.9 Å². The Hall–Kier alpha value is -3.12. The Morgan fingerprint density at radius 3 is 2.37 bits per heavy atom. The van der Waals surface area contributed by atoms with E-state index in [1.165, 1.54) is 6.07 Å². The summed E-state index contributed by atoms with van der Waals surface area (Å²) in [6.07, 6.45) is 5.25. The van der Waals surface area contributed by atoms with Gasteiger partial charge in [0, 0.05) is 37.7 Å². The van der Waals surface area contributed by atoms with Crippen LogP contribution in [0, 0.1) is 5.82 Å². The van der Waals surface area contributed by atoms with Crippen molar-refractivity contribution < 1.29 is 14.3 Å². The fourth-order valence-corrected chi connectivity index (χ4v) is 3.76. The van der Waals surface area contributed by atoms with Crippen LogP contribution in [0.4, 0.5) is 10.1 Å². The number of halogens is 1. The van der Waals surface area contributed by atoms with Gasteiger partial charge >= 0.3 is 0 Å². The first kappa shape index (κ1) is 20.2. The molecule has 0 unspecified atom stereocenters. The molecule has 0 radical (unpaired) electrons. The second-order valence-electron chi connectivity index (χ2n) is 7.71. The lowest BCUT2D eigenvalue weighted by Gasteiger charge is -2.31. The number of piperidine rings is 1. The molecule has 1 aliphatic heterocycles. The van der Waals surface area contributed by atoms with Crippen molar-refractivity contribution in [2.24, 2.45) is 0 Å². The quantitative estimate of drug-likeness (QED) is 0.658. The number of aliphatic hydroxyl groups is 1. The van der Waals surface area contributed by atoms with Crippen molar-refractivity contribution in [3.63, 3.8) is 0 Å². The maximum absolute atomic E-state index is 14.5. The van der Waals surface area contributed by atoms with Gasteiger partial charge in [0.25, 0.3) is 0 Å². The number of aliphatic hydroxyl groups excluding tert-OH is 1. The minimum atomic E-state index is -0.293. The van der Waals surface area contributed by atoms with Gasteiger partial charge in [0.2, 0.25) is 5.91 Å². The fraction of sp³-hybridized carbons (Fsp3) is 0.292. The molecule has 6 heteroatoms. The van der Waals surface area contributed by atoms with E-state index < -0.39 is 0 Å². The lowest BCUT2D eigenvalue weighted by molar-refractivity contribution is -0.120. The van der Waals surface area contributed by atoms with Crippen LogP contribution in [0.15, 0.2) is 67.0 Å². The molecule has 3 aromatic rings. The summed E-state index contributed by atoms with van der Waals surface area (Å²) >= 11 is 0. The number of anilines is 1. The van der Waals surface area contributed by atoms with E-state index in [4.69, 9.17) is 0 Å². The van der Waals surface area contributed by atoms with Crippen molar-refractivity contribution in [2.45, 2.75) is 31.9 Å². The summed E-state index contributed by atoms with van der Waals surface area (Å²) in [6.45, 7) is 1.59. The van der Waals surface area contributed by atoms with Crippen molar-refractivity contribution in [1.29, 1.82) is 0 Å². The highest BCUT2D eigenvalue weighted by molar-refractivity contribution is 5.78. The molecule has 0 spiro atoms. The third kappa shape index (κ3) is 4.89. The molecule has 0 bridgehead atoms. The smallest absolute Gasteiger partial charge is 0.224 e. The van der Waals surface area contributed by atoms with Gasteiger partial charge in [0.15, 0.2) is 0 Å². The molecule has 1 fully saturated rings. The van der Waals surface area contributed by atoms with Crippen LogP contribution < -0.4 is 10.2 Å². The molecule has 1 aromatic heterocycles. The van der Waals surface area contributed by atoms with Crippen LogP contribution in [-0.4, -0.2) is 34.8 Å². The first-order chi connectivity index (χ1) is 14.6. The van der Waals surface area contributed by atoms with Crippen LogP contribution in [0.2, 0.25) is 0 Å². The summed E-state index contributed by atoms with van der Waals surface area (Å²) in [6, 6.07) is 16.9. The average molecular weight is 407 g/mol. The highest BCUT2D eigenvalue weighted by Gasteiger charge is 2.19. The monoisotopic (exact) mass is 407 g/mol. The van der Waals surface area contributed by atoms with Crippen LogP contribution in [0.25, 0.3) is 5.69 Å². The second-order valence-corrected chi connectivity index (χ2v) is 7.71. The Morgan fingerprint density at radius 1 is 1.03 bits per heavy atom. The van der Waals surface area contributed by atoms with Gasteiger partial charge in [-0.1, -0.05) is 18.2 Å². The maximum Gasteiger partial charge on any atom is 0.224 e. The minimum Gasteiger partial charge on any atom is -0.393 e. The number of hydrogen-bond donors (Lipinski definition) is 2. The van der Waals surface area contributed by atoms with Crippen LogP contribution in [0.5, 0.6) is 0 Å². The molecule has 156 valence electrons. The van der Waals surface area contributed by atoms with Crippen molar-refractivity contribution in [1.82, 2.24) is 9.88 Å². The molecular formula is C24H26FN3O2. The van der Waals surface area contributed by atoms with E-state index in [2.05, 4.69) is 5.32 Å². The summed E-state index contributed by atoms with van der Waals surface area (Å²) in [5, 5.41) is 12.5. The second kappa shape index (κ2) is 9.13. The number of nitrogens with zero attached hydrogens (tertiary/aromatic N) is 2. The third-order valence-electron chi connectivity index (χ3n) is 5.51. The average Bonchev–Trinajstić information content (AvgIpc) is 3.29. The Morgan fingerprint density at radius 2 is 1.70 bits per heavy atom. The van der Waals surface area contributed by atoms with Gasteiger partial charge in [-0.15, -0.1) is 0 Å². The number of carbonyl (C=O) groups is 1. The van der Waals surface area contributed by atoms with E-state index >= 15 is 0 Å². The summed E-state index contributed by atoms with van der Waals surface area (Å²) in [7, 11) is 0. The molecule has 2 aromatic carbocycles. The van der Waals surface area contributed by atoms with Gasteiger partial charge in [-0.05, 0) is 60.4 Å². The lowest BCUT2D eigenvalue weighted by atomic mass is 10.1. The van der Waals surface area contributed by atoms with E-state index in [0.29, 0.717) is 31.6 Å². The van der Waals surface area contributed by atoms with Crippen molar-refractivity contribution in [2.75, 3.05) is 18.0 Å². The van der Waals surface area contributed by atoms with Crippen molar-refractivity contribution >= 4 is 11.6 Å². The zero-order valence-electron chi connectivity index (χ0n) is 16.8. The molecule has 1 aliphatic rings. The SMILES string of the molecule is O=C(Cc1ccc(-n2cccc2)cc1)NCc1ccc(N2CCC(O)CC2)c(F)c1. The van der Waals surface area contributed by atoms with E-state index in [1.54, 1.807) is 6.07 Å². The van der Waals surface area contributed by atoms with Gasteiger partial charge in [-0.3, -0.25) is 4.79 Å². The summed E-state index contributed by atoms with van der Waals surface area (Å²) in [5.74, 6) is -0.392. The first-order valence-electron chi connectivity index (χ1n) is 10.3. The van der Waals surface area contributed by atoms with Crippen LogP contribution in [-0.2, 0) is 17.8 Å².